The first-order valence-electron chi connectivity index (χ1n) is 6.10. The molecule has 0 saturated heterocycles. The maximum Gasteiger partial charge on any atom is 0.308 e. The van der Waals surface area contributed by atoms with E-state index in [9.17, 15) is 9.59 Å². The Morgan fingerprint density at radius 2 is 2.11 bits per heavy atom. The monoisotopic (exact) mass is 268 g/mol. The number of nitrogens with one attached hydrogen (secondary N) is 1. The highest BCUT2D eigenvalue weighted by Crippen LogP contribution is 2.24. The van der Waals surface area contributed by atoms with Gasteiger partial charge in [-0.15, -0.1) is 0 Å². The van der Waals surface area contributed by atoms with Gasteiger partial charge in [0.15, 0.2) is 0 Å². The van der Waals surface area contributed by atoms with Crippen LogP contribution in [-0.4, -0.2) is 38.3 Å². The predicted molar refractivity (Wildman–Crippen MR) is 68.2 cm³/mol. The van der Waals surface area contributed by atoms with E-state index in [-0.39, 0.29) is 24.4 Å². The summed E-state index contributed by atoms with van der Waals surface area (Å²) in [5, 5.41) is 15.6. The fraction of sp³-hybridized carbons (Fsp3) is 0.667. The standard InChI is InChI=1S/C12H20N4O3/c1-12(2,3)4-9(11(18)19)5-14-10(17)6-16-8-13-7-15-16/h7-9H,4-6H2,1-3H3,(H,14,17)(H,18,19). The molecule has 0 bridgehead atoms. The zero-order valence-corrected chi connectivity index (χ0v) is 11.5. The Bertz CT molecular complexity index is 423. The highest BCUT2D eigenvalue weighted by Gasteiger charge is 2.24. The van der Waals surface area contributed by atoms with E-state index in [2.05, 4.69) is 15.4 Å². The fourth-order valence-corrected chi connectivity index (χ4v) is 1.74. The number of rotatable bonds is 6. The Morgan fingerprint density at radius 1 is 1.42 bits per heavy atom. The van der Waals surface area contributed by atoms with E-state index in [0.717, 1.165) is 0 Å². The molecule has 1 aromatic heterocycles. The van der Waals surface area contributed by atoms with E-state index in [1.165, 1.54) is 17.3 Å². The molecular weight excluding hydrogens is 248 g/mol. The molecule has 0 aromatic carbocycles. The van der Waals surface area contributed by atoms with Crippen molar-refractivity contribution in [1.82, 2.24) is 20.1 Å². The minimum Gasteiger partial charge on any atom is -0.481 e. The zero-order valence-electron chi connectivity index (χ0n) is 11.5. The highest BCUT2D eigenvalue weighted by molar-refractivity contribution is 5.77. The van der Waals surface area contributed by atoms with Crippen molar-refractivity contribution in [1.29, 1.82) is 0 Å². The van der Waals surface area contributed by atoms with Gasteiger partial charge in [0.05, 0.1) is 5.92 Å². The molecule has 7 nitrogen and oxygen atoms in total. The molecule has 0 aliphatic heterocycles. The third-order valence-corrected chi connectivity index (χ3v) is 2.53. The van der Waals surface area contributed by atoms with E-state index < -0.39 is 11.9 Å². The van der Waals surface area contributed by atoms with Crippen LogP contribution in [0, 0.1) is 11.3 Å². The lowest BCUT2D eigenvalue weighted by molar-refractivity contribution is -0.142. The molecule has 0 fully saturated rings. The van der Waals surface area contributed by atoms with Gasteiger partial charge in [-0.2, -0.15) is 5.10 Å². The Labute approximate surface area is 112 Å². The molecule has 0 saturated carbocycles. The molecule has 0 aliphatic carbocycles. The molecule has 1 unspecified atom stereocenters. The van der Waals surface area contributed by atoms with Gasteiger partial charge < -0.3 is 10.4 Å². The quantitative estimate of drug-likeness (QED) is 0.784. The summed E-state index contributed by atoms with van der Waals surface area (Å²) in [4.78, 5) is 26.5. The van der Waals surface area contributed by atoms with Crippen LogP contribution < -0.4 is 5.32 Å². The molecule has 106 valence electrons. The van der Waals surface area contributed by atoms with E-state index in [1.54, 1.807) is 0 Å². The number of nitrogens with zero attached hydrogens (tertiary/aromatic N) is 3. The molecule has 1 aromatic rings. The largest absolute Gasteiger partial charge is 0.481 e. The first-order valence-corrected chi connectivity index (χ1v) is 6.10. The van der Waals surface area contributed by atoms with Gasteiger partial charge in [0, 0.05) is 6.54 Å². The second-order valence-corrected chi connectivity index (χ2v) is 5.70. The van der Waals surface area contributed by atoms with E-state index in [4.69, 9.17) is 5.11 Å². The van der Waals surface area contributed by atoms with E-state index in [0.29, 0.717) is 6.42 Å². The van der Waals surface area contributed by atoms with Gasteiger partial charge in [0.25, 0.3) is 0 Å². The van der Waals surface area contributed by atoms with Crippen LogP contribution in [0.4, 0.5) is 0 Å². The summed E-state index contributed by atoms with van der Waals surface area (Å²) in [5.74, 6) is -1.75. The predicted octanol–water partition coefficient (Wildman–Crippen LogP) is 0.531. The number of carbonyl (C=O) groups excluding carboxylic acids is 1. The Balaban J connectivity index is 2.43. The fourth-order valence-electron chi connectivity index (χ4n) is 1.74. The SMILES string of the molecule is CC(C)(C)CC(CNC(=O)Cn1cncn1)C(=O)O. The number of aliphatic carboxylic acids is 1. The van der Waals surface area contributed by atoms with Crippen LogP contribution in [0.3, 0.4) is 0 Å². The summed E-state index contributed by atoms with van der Waals surface area (Å²) in [6.45, 7) is 6.09. The van der Waals surface area contributed by atoms with Crippen molar-refractivity contribution in [2.75, 3.05) is 6.54 Å². The summed E-state index contributed by atoms with van der Waals surface area (Å²) in [6.07, 6.45) is 3.28. The molecule has 0 spiro atoms. The summed E-state index contributed by atoms with van der Waals surface area (Å²) in [7, 11) is 0. The number of carboxylic acids is 1. The first kappa shape index (κ1) is 15.1. The van der Waals surface area contributed by atoms with Gasteiger partial charge >= 0.3 is 5.97 Å². The molecule has 0 radical (unpaired) electrons. The second-order valence-electron chi connectivity index (χ2n) is 5.70. The smallest absolute Gasteiger partial charge is 0.308 e. The molecular formula is C12H20N4O3. The van der Waals surface area contributed by atoms with Crippen molar-refractivity contribution in [2.45, 2.75) is 33.7 Å². The Hall–Kier alpha value is -1.92. The topological polar surface area (TPSA) is 97.1 Å². The van der Waals surface area contributed by atoms with Crippen molar-refractivity contribution in [3.8, 4) is 0 Å². The molecule has 0 aliphatic rings. The lowest BCUT2D eigenvalue weighted by atomic mass is 9.84. The molecule has 19 heavy (non-hydrogen) atoms. The van der Waals surface area contributed by atoms with E-state index >= 15 is 0 Å². The van der Waals surface area contributed by atoms with Crippen molar-refractivity contribution >= 4 is 11.9 Å². The van der Waals surface area contributed by atoms with Crippen molar-refractivity contribution < 1.29 is 14.7 Å². The van der Waals surface area contributed by atoms with Gasteiger partial charge in [0.1, 0.15) is 19.2 Å². The number of aromatic nitrogens is 3. The number of carbonyl (C=O) groups is 2. The van der Waals surface area contributed by atoms with Crippen LogP contribution in [0.5, 0.6) is 0 Å². The summed E-state index contributed by atoms with van der Waals surface area (Å²) in [5.41, 5.74) is -0.0975. The van der Waals surface area contributed by atoms with Crippen molar-refractivity contribution in [2.24, 2.45) is 11.3 Å². The maximum absolute atomic E-state index is 11.6. The summed E-state index contributed by atoms with van der Waals surface area (Å²) >= 11 is 0. The number of carboxylic acid groups (broad SMARTS) is 1. The zero-order chi connectivity index (χ0) is 14.5. The molecule has 1 heterocycles. The Kier molecular flexibility index (Phi) is 5.02. The minimum atomic E-state index is -0.893. The first-order chi connectivity index (χ1) is 8.78. The normalized spacial score (nSPS) is 13.0. The average Bonchev–Trinajstić information content (AvgIpc) is 2.75. The Morgan fingerprint density at radius 3 is 2.58 bits per heavy atom. The van der Waals surface area contributed by atoms with Crippen LogP contribution in [0.1, 0.15) is 27.2 Å². The van der Waals surface area contributed by atoms with Crippen LogP contribution in [0.2, 0.25) is 0 Å². The average molecular weight is 268 g/mol. The van der Waals surface area contributed by atoms with Crippen molar-refractivity contribution in [3.05, 3.63) is 12.7 Å². The molecule has 7 heteroatoms. The van der Waals surface area contributed by atoms with Gasteiger partial charge in [-0.25, -0.2) is 9.67 Å². The second kappa shape index (κ2) is 6.31. The highest BCUT2D eigenvalue weighted by atomic mass is 16.4. The maximum atomic E-state index is 11.6. The number of hydrogen-bond donors (Lipinski definition) is 2. The third kappa shape index (κ3) is 5.98. The van der Waals surface area contributed by atoms with Gasteiger partial charge in [-0.05, 0) is 11.8 Å². The lowest BCUT2D eigenvalue weighted by Crippen LogP contribution is -2.36. The molecule has 2 N–H and O–H groups in total. The van der Waals surface area contributed by atoms with Crippen molar-refractivity contribution in [3.63, 3.8) is 0 Å². The molecule has 1 atom stereocenters. The minimum absolute atomic E-state index is 0.0435. The van der Waals surface area contributed by atoms with Gasteiger partial charge in [-0.1, -0.05) is 20.8 Å². The van der Waals surface area contributed by atoms with Crippen LogP contribution in [-0.2, 0) is 16.1 Å². The number of amides is 1. The summed E-state index contributed by atoms with van der Waals surface area (Å²) in [6, 6.07) is 0. The van der Waals surface area contributed by atoms with Crippen LogP contribution in [0.25, 0.3) is 0 Å². The third-order valence-electron chi connectivity index (χ3n) is 2.53. The van der Waals surface area contributed by atoms with Crippen LogP contribution in [0.15, 0.2) is 12.7 Å². The number of hydrogen-bond acceptors (Lipinski definition) is 4. The van der Waals surface area contributed by atoms with Gasteiger partial charge in [0.2, 0.25) is 5.91 Å². The lowest BCUT2D eigenvalue weighted by Gasteiger charge is -2.23. The van der Waals surface area contributed by atoms with E-state index in [1.807, 2.05) is 20.8 Å². The summed E-state index contributed by atoms with van der Waals surface area (Å²) < 4.78 is 1.38. The molecule has 1 rings (SSSR count). The molecule has 1 amide bonds. The van der Waals surface area contributed by atoms with Crippen LogP contribution >= 0.6 is 0 Å². The van der Waals surface area contributed by atoms with Gasteiger partial charge in [-0.3, -0.25) is 9.59 Å².